The molecule has 3 aromatic rings. The largest absolute Gasteiger partial charge is 0.496 e. The van der Waals surface area contributed by atoms with Gasteiger partial charge in [-0.3, -0.25) is 9.69 Å². The molecule has 1 saturated heterocycles. The van der Waals surface area contributed by atoms with Crippen LogP contribution in [0.5, 0.6) is 5.75 Å². The number of methoxy groups -OCH3 is 2. The molecule has 4 heterocycles. The number of hydrogen-bond acceptors (Lipinski definition) is 6. The lowest BCUT2D eigenvalue weighted by Crippen LogP contribution is -2.46. The van der Waals surface area contributed by atoms with E-state index in [-0.39, 0.29) is 24.2 Å². The van der Waals surface area contributed by atoms with Crippen LogP contribution >= 0.6 is 0 Å². The van der Waals surface area contributed by atoms with Crippen LogP contribution in [0.3, 0.4) is 0 Å². The van der Waals surface area contributed by atoms with Crippen molar-refractivity contribution in [3.05, 3.63) is 54.1 Å². The van der Waals surface area contributed by atoms with Crippen molar-refractivity contribution in [3.63, 3.8) is 0 Å². The molecule has 2 aromatic heterocycles. The fraction of sp³-hybridized carbons (Fsp3) is 0.370. The van der Waals surface area contributed by atoms with Gasteiger partial charge in [0.2, 0.25) is 5.91 Å². The molecule has 188 valence electrons. The smallest absolute Gasteiger partial charge is 0.328 e. The number of ether oxygens (including phenoxy) is 2. The van der Waals surface area contributed by atoms with Crippen molar-refractivity contribution in [3.8, 4) is 16.9 Å². The maximum Gasteiger partial charge on any atom is 0.328 e. The number of rotatable bonds is 6. The van der Waals surface area contributed by atoms with Crippen molar-refractivity contribution in [2.24, 2.45) is 0 Å². The quantitative estimate of drug-likeness (QED) is 0.529. The van der Waals surface area contributed by atoms with Gasteiger partial charge in [-0.05, 0) is 60.7 Å². The Hall–Kier alpha value is -3.72. The summed E-state index contributed by atoms with van der Waals surface area (Å²) in [5, 5.41) is 0.887. The van der Waals surface area contributed by atoms with E-state index in [2.05, 4.69) is 20.9 Å². The van der Waals surface area contributed by atoms with Crippen molar-refractivity contribution in [2.75, 3.05) is 40.4 Å². The normalized spacial score (nSPS) is 18.4. The number of halogens is 1. The Bertz CT molecular complexity index is 1330. The lowest BCUT2D eigenvalue weighted by Gasteiger charge is -2.29. The highest BCUT2D eigenvalue weighted by Gasteiger charge is 2.35. The summed E-state index contributed by atoms with van der Waals surface area (Å²) in [6, 6.07) is 7.91. The van der Waals surface area contributed by atoms with E-state index in [4.69, 9.17) is 9.47 Å². The molecule has 0 spiro atoms. The number of nitrogens with zero attached hydrogens (tertiary/aromatic N) is 3. The number of hydrogen-bond donors (Lipinski definition) is 1. The molecule has 1 amide bonds. The molecule has 8 nitrogen and oxygen atoms in total. The third kappa shape index (κ3) is 4.58. The van der Waals surface area contributed by atoms with Crippen LogP contribution in [0.15, 0.2) is 42.6 Å². The van der Waals surface area contributed by atoms with Gasteiger partial charge in [-0.1, -0.05) is 6.08 Å². The lowest BCUT2D eigenvalue weighted by atomic mass is 10.0. The third-order valence-electron chi connectivity index (χ3n) is 7.03. The average molecular weight is 493 g/mol. The van der Waals surface area contributed by atoms with Crippen molar-refractivity contribution >= 4 is 28.5 Å². The fourth-order valence-corrected chi connectivity index (χ4v) is 5.15. The summed E-state index contributed by atoms with van der Waals surface area (Å²) in [5.74, 6) is -0.119. The van der Waals surface area contributed by atoms with Crippen LogP contribution in [-0.4, -0.2) is 78.1 Å². The van der Waals surface area contributed by atoms with Gasteiger partial charge in [0.1, 0.15) is 23.3 Å². The van der Waals surface area contributed by atoms with E-state index in [9.17, 15) is 14.0 Å². The van der Waals surface area contributed by atoms with Gasteiger partial charge in [-0.15, -0.1) is 0 Å². The van der Waals surface area contributed by atoms with Crippen molar-refractivity contribution < 1.29 is 23.5 Å². The molecular weight excluding hydrogens is 463 g/mol. The van der Waals surface area contributed by atoms with Gasteiger partial charge in [0.25, 0.3) is 0 Å². The first-order valence-corrected chi connectivity index (χ1v) is 12.1. The topological polar surface area (TPSA) is 87.8 Å². The maximum absolute atomic E-state index is 14.0. The van der Waals surface area contributed by atoms with Gasteiger partial charge in [0, 0.05) is 42.5 Å². The molecule has 9 heteroatoms. The minimum atomic E-state index is -0.469. The number of likely N-dealkylation sites (tertiary alicyclic amines) is 1. The zero-order valence-corrected chi connectivity index (χ0v) is 20.4. The van der Waals surface area contributed by atoms with Crippen molar-refractivity contribution in [1.82, 2.24) is 19.8 Å². The number of esters is 1. The Morgan fingerprint density at radius 1 is 1.17 bits per heavy atom. The number of nitrogens with one attached hydrogen (secondary N) is 1. The Kier molecular flexibility index (Phi) is 6.73. The average Bonchev–Trinajstić information content (AvgIpc) is 3.56. The zero-order valence-electron chi connectivity index (χ0n) is 20.4. The molecule has 1 atom stereocenters. The SMILES string of the molecule is COC(=O)C1CCCN1C(=O)CN1CC=C(c2cc3c(-c4cc(F)ccc4OC)ccnc3[nH]2)CC1. The molecule has 1 fully saturated rings. The van der Waals surface area contributed by atoms with Crippen LogP contribution < -0.4 is 4.74 Å². The minimum absolute atomic E-state index is 0.0387. The van der Waals surface area contributed by atoms with E-state index in [0.29, 0.717) is 30.8 Å². The van der Waals surface area contributed by atoms with E-state index in [0.717, 1.165) is 47.3 Å². The van der Waals surface area contributed by atoms with Crippen molar-refractivity contribution in [1.29, 1.82) is 0 Å². The second-order valence-electron chi connectivity index (χ2n) is 9.13. The summed E-state index contributed by atoms with van der Waals surface area (Å²) in [6.45, 7) is 2.22. The summed E-state index contributed by atoms with van der Waals surface area (Å²) < 4.78 is 24.3. The highest BCUT2D eigenvalue weighted by atomic mass is 19.1. The molecule has 2 aliphatic rings. The van der Waals surface area contributed by atoms with E-state index in [1.807, 2.05) is 12.1 Å². The van der Waals surface area contributed by atoms with Gasteiger partial charge >= 0.3 is 5.97 Å². The van der Waals surface area contributed by atoms with E-state index >= 15 is 0 Å². The molecule has 0 aliphatic carbocycles. The second kappa shape index (κ2) is 10.1. The van der Waals surface area contributed by atoms with Crippen LogP contribution in [0.4, 0.5) is 4.39 Å². The summed E-state index contributed by atoms with van der Waals surface area (Å²) in [6.07, 6.45) is 6.05. The molecule has 1 aromatic carbocycles. The minimum Gasteiger partial charge on any atom is -0.496 e. The predicted octanol–water partition coefficient (Wildman–Crippen LogP) is 3.63. The molecule has 2 aliphatic heterocycles. The highest BCUT2D eigenvalue weighted by molar-refractivity contribution is 5.96. The molecule has 0 bridgehead atoms. The molecular formula is C27H29FN4O4. The number of benzene rings is 1. The number of fused-ring (bicyclic) bond motifs is 1. The second-order valence-corrected chi connectivity index (χ2v) is 9.13. The van der Waals surface area contributed by atoms with Gasteiger partial charge in [0.05, 0.1) is 20.8 Å². The number of pyridine rings is 1. The van der Waals surface area contributed by atoms with E-state index < -0.39 is 6.04 Å². The number of carbonyl (C=O) groups is 2. The number of amides is 1. The Balaban J connectivity index is 1.33. The summed E-state index contributed by atoms with van der Waals surface area (Å²) >= 11 is 0. The van der Waals surface area contributed by atoms with Crippen molar-refractivity contribution in [2.45, 2.75) is 25.3 Å². The van der Waals surface area contributed by atoms with Gasteiger partial charge in [0.15, 0.2) is 0 Å². The van der Waals surface area contributed by atoms with Gasteiger partial charge in [-0.25, -0.2) is 14.2 Å². The first-order valence-electron chi connectivity index (χ1n) is 12.1. The summed E-state index contributed by atoms with van der Waals surface area (Å²) in [7, 11) is 2.93. The number of aromatic amines is 1. The van der Waals surface area contributed by atoms with Gasteiger partial charge in [-0.2, -0.15) is 0 Å². The molecule has 1 unspecified atom stereocenters. The van der Waals surface area contributed by atoms with Crippen LogP contribution in [0.1, 0.15) is 25.0 Å². The predicted molar refractivity (Wildman–Crippen MR) is 134 cm³/mol. The number of carbonyl (C=O) groups excluding carboxylic acids is 2. The third-order valence-corrected chi connectivity index (χ3v) is 7.03. The molecule has 0 saturated carbocycles. The molecule has 1 N–H and O–H groups in total. The highest BCUT2D eigenvalue weighted by Crippen LogP contribution is 2.36. The Morgan fingerprint density at radius 2 is 2.03 bits per heavy atom. The zero-order chi connectivity index (χ0) is 25.2. The summed E-state index contributed by atoms with van der Waals surface area (Å²) in [4.78, 5) is 36.5. The summed E-state index contributed by atoms with van der Waals surface area (Å²) in [5.41, 5.74) is 4.33. The first-order chi connectivity index (χ1) is 17.5. The van der Waals surface area contributed by atoms with Crippen LogP contribution in [0.25, 0.3) is 27.7 Å². The van der Waals surface area contributed by atoms with Gasteiger partial charge < -0.3 is 19.4 Å². The molecule has 36 heavy (non-hydrogen) atoms. The first kappa shape index (κ1) is 24.0. The van der Waals surface area contributed by atoms with Crippen LogP contribution in [0.2, 0.25) is 0 Å². The fourth-order valence-electron chi connectivity index (χ4n) is 5.15. The standard InChI is InChI=1S/C27H29FN4O4/c1-35-24-6-5-18(28)14-20(24)19-7-10-29-26-21(19)15-22(30-26)17-8-12-31(13-9-17)16-25(33)32-11-3-4-23(32)27(34)36-2/h5-8,10,14-15,23H,3-4,9,11-13,16H2,1-2H3,(H,29,30). The van der Waals surface area contributed by atoms with Crippen LogP contribution in [0, 0.1) is 5.82 Å². The number of H-pyrrole nitrogens is 1. The Morgan fingerprint density at radius 3 is 2.78 bits per heavy atom. The van der Waals surface area contributed by atoms with Crippen LogP contribution in [-0.2, 0) is 14.3 Å². The van der Waals surface area contributed by atoms with E-state index in [1.165, 1.54) is 19.2 Å². The monoisotopic (exact) mass is 492 g/mol. The maximum atomic E-state index is 14.0. The molecule has 0 radical (unpaired) electrons. The van der Waals surface area contributed by atoms with E-state index in [1.54, 1.807) is 24.3 Å². The number of aromatic nitrogens is 2. The molecule has 5 rings (SSSR count). The Labute approximate surface area is 208 Å². The lowest BCUT2D eigenvalue weighted by molar-refractivity contribution is -0.151.